The Kier molecular flexibility index (Phi) is 5.32. The summed E-state index contributed by atoms with van der Waals surface area (Å²) >= 11 is 1.66. The predicted molar refractivity (Wildman–Crippen MR) is 99.1 cm³/mol. The molecule has 0 bridgehead atoms. The van der Waals surface area contributed by atoms with Crippen molar-refractivity contribution in [2.75, 3.05) is 38.1 Å². The van der Waals surface area contributed by atoms with Gasteiger partial charge in [-0.05, 0) is 6.92 Å². The van der Waals surface area contributed by atoms with Crippen LogP contribution < -0.4 is 10.2 Å². The van der Waals surface area contributed by atoms with Crippen LogP contribution >= 0.6 is 11.3 Å². The Labute approximate surface area is 151 Å². The average molecular weight is 361 g/mol. The van der Waals surface area contributed by atoms with Gasteiger partial charge >= 0.3 is 0 Å². The summed E-state index contributed by atoms with van der Waals surface area (Å²) in [7, 11) is 3.59. The zero-order valence-electron chi connectivity index (χ0n) is 14.8. The number of rotatable bonds is 4. The summed E-state index contributed by atoms with van der Waals surface area (Å²) in [6, 6.07) is 0. The SMILES string of the molecule is CN=C(NCCc1csc(C)n1)N1CCN(c2cnn(C)c2)C(=O)C1. The zero-order valence-corrected chi connectivity index (χ0v) is 15.6. The van der Waals surface area contributed by atoms with E-state index in [-0.39, 0.29) is 5.91 Å². The van der Waals surface area contributed by atoms with Crippen LogP contribution in [0.1, 0.15) is 10.7 Å². The number of nitrogens with zero attached hydrogens (tertiary/aromatic N) is 6. The maximum absolute atomic E-state index is 12.5. The first kappa shape index (κ1) is 17.4. The molecule has 2 aromatic rings. The number of aromatic nitrogens is 3. The molecule has 3 rings (SSSR count). The molecule has 1 aliphatic rings. The normalized spacial score (nSPS) is 15.8. The second-order valence-corrected chi connectivity index (χ2v) is 6.98. The lowest BCUT2D eigenvalue weighted by molar-refractivity contribution is -0.120. The van der Waals surface area contributed by atoms with Gasteiger partial charge in [0.15, 0.2) is 5.96 Å². The molecule has 2 aromatic heterocycles. The number of piperazine rings is 1. The van der Waals surface area contributed by atoms with E-state index in [4.69, 9.17) is 0 Å². The molecule has 1 saturated heterocycles. The van der Waals surface area contributed by atoms with Gasteiger partial charge in [0.2, 0.25) is 5.91 Å². The van der Waals surface area contributed by atoms with Gasteiger partial charge in [0.1, 0.15) is 6.54 Å². The van der Waals surface area contributed by atoms with E-state index in [2.05, 4.69) is 25.8 Å². The van der Waals surface area contributed by atoms with E-state index < -0.39 is 0 Å². The highest BCUT2D eigenvalue weighted by molar-refractivity contribution is 7.09. The Morgan fingerprint density at radius 1 is 1.44 bits per heavy atom. The van der Waals surface area contributed by atoms with Gasteiger partial charge in [0.05, 0.1) is 22.6 Å². The molecule has 134 valence electrons. The number of aryl methyl sites for hydroxylation is 2. The zero-order chi connectivity index (χ0) is 17.8. The molecular weight excluding hydrogens is 338 g/mol. The summed E-state index contributed by atoms with van der Waals surface area (Å²) in [4.78, 5) is 25.0. The fourth-order valence-corrected chi connectivity index (χ4v) is 3.48. The lowest BCUT2D eigenvalue weighted by atomic mass is 10.3. The highest BCUT2D eigenvalue weighted by atomic mass is 32.1. The fraction of sp³-hybridized carbons (Fsp3) is 0.500. The summed E-state index contributed by atoms with van der Waals surface area (Å²) in [5.74, 6) is 0.809. The van der Waals surface area contributed by atoms with Crippen molar-refractivity contribution in [2.45, 2.75) is 13.3 Å². The van der Waals surface area contributed by atoms with Crippen LogP contribution in [0.2, 0.25) is 0 Å². The fourth-order valence-electron chi connectivity index (χ4n) is 2.83. The Hall–Kier alpha value is -2.42. The first-order valence-corrected chi connectivity index (χ1v) is 9.10. The summed E-state index contributed by atoms with van der Waals surface area (Å²) in [5, 5.41) is 10.6. The van der Waals surface area contributed by atoms with Crippen molar-refractivity contribution in [1.82, 2.24) is 25.0 Å². The first-order chi connectivity index (χ1) is 12.1. The third-order valence-electron chi connectivity index (χ3n) is 4.07. The minimum Gasteiger partial charge on any atom is -0.356 e. The van der Waals surface area contributed by atoms with Gasteiger partial charge in [-0.25, -0.2) is 4.98 Å². The standard InChI is InChI=1S/C16H23N7OS/c1-12-20-13(11-25-12)4-5-18-16(17-2)22-6-7-23(15(24)10-22)14-8-19-21(3)9-14/h8-9,11H,4-7,10H2,1-3H3,(H,17,18). The van der Waals surface area contributed by atoms with Gasteiger partial charge in [0, 0.05) is 51.7 Å². The number of aliphatic imine (C=N–C) groups is 1. The maximum Gasteiger partial charge on any atom is 0.246 e. The summed E-state index contributed by atoms with van der Waals surface area (Å²) < 4.78 is 1.70. The van der Waals surface area contributed by atoms with Crippen LogP contribution in [-0.2, 0) is 18.3 Å². The lowest BCUT2D eigenvalue weighted by Crippen LogP contribution is -2.55. The van der Waals surface area contributed by atoms with E-state index in [0.717, 1.165) is 41.9 Å². The van der Waals surface area contributed by atoms with E-state index in [9.17, 15) is 4.79 Å². The molecule has 1 N–H and O–H groups in total. The molecule has 0 aromatic carbocycles. The largest absolute Gasteiger partial charge is 0.356 e. The Balaban J connectivity index is 1.53. The van der Waals surface area contributed by atoms with Gasteiger partial charge in [-0.2, -0.15) is 5.10 Å². The molecule has 8 nitrogen and oxygen atoms in total. The molecule has 9 heteroatoms. The number of guanidine groups is 1. The second-order valence-electron chi connectivity index (χ2n) is 5.92. The molecule has 1 amide bonds. The number of carbonyl (C=O) groups excluding carboxylic acids is 1. The van der Waals surface area contributed by atoms with Crippen molar-refractivity contribution >= 4 is 28.9 Å². The molecule has 0 aliphatic carbocycles. The summed E-state index contributed by atoms with van der Waals surface area (Å²) in [6.07, 6.45) is 4.42. The van der Waals surface area contributed by atoms with Gasteiger partial charge in [0.25, 0.3) is 0 Å². The molecular formula is C16H23N7OS. The molecule has 0 radical (unpaired) electrons. The van der Waals surface area contributed by atoms with E-state index in [1.807, 2.05) is 25.1 Å². The summed E-state index contributed by atoms with van der Waals surface area (Å²) in [5.41, 5.74) is 1.93. The number of hydrogen-bond acceptors (Lipinski definition) is 5. The van der Waals surface area contributed by atoms with Crippen molar-refractivity contribution in [3.63, 3.8) is 0 Å². The minimum absolute atomic E-state index is 0.0531. The van der Waals surface area contributed by atoms with Crippen molar-refractivity contribution in [2.24, 2.45) is 12.0 Å². The van der Waals surface area contributed by atoms with Crippen molar-refractivity contribution in [3.8, 4) is 0 Å². The van der Waals surface area contributed by atoms with Gasteiger partial charge in [-0.3, -0.25) is 14.5 Å². The lowest BCUT2D eigenvalue weighted by Gasteiger charge is -2.35. The molecule has 0 atom stereocenters. The Morgan fingerprint density at radius 3 is 2.88 bits per heavy atom. The van der Waals surface area contributed by atoms with E-state index in [0.29, 0.717) is 13.1 Å². The van der Waals surface area contributed by atoms with Crippen molar-refractivity contribution < 1.29 is 4.79 Å². The molecule has 3 heterocycles. The van der Waals surface area contributed by atoms with E-state index in [1.54, 1.807) is 34.2 Å². The van der Waals surface area contributed by atoms with Crippen LogP contribution in [0.3, 0.4) is 0 Å². The van der Waals surface area contributed by atoms with Crippen LogP contribution in [0, 0.1) is 6.92 Å². The van der Waals surface area contributed by atoms with Gasteiger partial charge < -0.3 is 15.1 Å². The smallest absolute Gasteiger partial charge is 0.246 e. The highest BCUT2D eigenvalue weighted by Gasteiger charge is 2.27. The van der Waals surface area contributed by atoms with E-state index >= 15 is 0 Å². The van der Waals surface area contributed by atoms with E-state index in [1.165, 1.54) is 0 Å². The van der Waals surface area contributed by atoms with Crippen LogP contribution in [0.4, 0.5) is 5.69 Å². The average Bonchev–Trinajstić information content (AvgIpc) is 3.20. The van der Waals surface area contributed by atoms with Crippen molar-refractivity contribution in [1.29, 1.82) is 0 Å². The number of hydrogen-bond donors (Lipinski definition) is 1. The molecule has 0 spiro atoms. The molecule has 25 heavy (non-hydrogen) atoms. The van der Waals surface area contributed by atoms with Crippen LogP contribution in [0.15, 0.2) is 22.8 Å². The Morgan fingerprint density at radius 2 is 2.28 bits per heavy atom. The second kappa shape index (κ2) is 7.64. The summed E-state index contributed by atoms with van der Waals surface area (Å²) in [6.45, 7) is 4.41. The number of nitrogens with one attached hydrogen (secondary N) is 1. The minimum atomic E-state index is 0.0531. The third-order valence-corrected chi connectivity index (χ3v) is 4.89. The molecule has 0 saturated carbocycles. The van der Waals surface area contributed by atoms with Crippen LogP contribution in [0.25, 0.3) is 0 Å². The number of amides is 1. The monoisotopic (exact) mass is 361 g/mol. The van der Waals surface area contributed by atoms with Crippen LogP contribution in [-0.4, -0.2) is 64.8 Å². The molecule has 0 unspecified atom stereocenters. The number of carbonyl (C=O) groups is 1. The quantitative estimate of drug-likeness (QED) is 0.639. The van der Waals surface area contributed by atoms with Crippen LogP contribution in [0.5, 0.6) is 0 Å². The van der Waals surface area contributed by atoms with Gasteiger partial charge in [-0.15, -0.1) is 11.3 Å². The van der Waals surface area contributed by atoms with Crippen molar-refractivity contribution in [3.05, 3.63) is 28.5 Å². The molecule has 1 fully saturated rings. The number of anilines is 1. The molecule has 1 aliphatic heterocycles. The first-order valence-electron chi connectivity index (χ1n) is 8.22. The number of thiazole rings is 1. The van der Waals surface area contributed by atoms with Gasteiger partial charge in [-0.1, -0.05) is 0 Å². The third kappa shape index (κ3) is 4.16. The maximum atomic E-state index is 12.5. The Bertz CT molecular complexity index is 766. The topological polar surface area (TPSA) is 78.7 Å². The predicted octanol–water partition coefficient (Wildman–Crippen LogP) is 0.652. The highest BCUT2D eigenvalue weighted by Crippen LogP contribution is 2.16.